The second-order valence-electron chi connectivity index (χ2n) is 7.22. The fourth-order valence-corrected chi connectivity index (χ4v) is 3.85. The topological polar surface area (TPSA) is 71.6 Å². The first-order chi connectivity index (χ1) is 14.5. The van der Waals surface area contributed by atoms with E-state index in [1.807, 2.05) is 25.1 Å². The smallest absolute Gasteiger partial charge is 0.341 e. The van der Waals surface area contributed by atoms with Crippen LogP contribution in [0.1, 0.15) is 34.1 Å². The number of carbonyl (C=O) groups excluding carboxylic acids is 2. The number of amides is 1. The van der Waals surface area contributed by atoms with Crippen LogP contribution >= 0.6 is 0 Å². The number of H-pyrrole nitrogens is 1. The second kappa shape index (κ2) is 8.06. The van der Waals surface area contributed by atoms with Gasteiger partial charge in [-0.15, -0.1) is 0 Å². The Hall–Kier alpha value is -3.54. The van der Waals surface area contributed by atoms with Crippen LogP contribution in [0.2, 0.25) is 0 Å². The van der Waals surface area contributed by atoms with Gasteiger partial charge in [0.15, 0.2) is 0 Å². The molecule has 1 aromatic heterocycles. The fourth-order valence-electron chi connectivity index (χ4n) is 3.85. The minimum Gasteiger partial charge on any atom is -0.497 e. The lowest BCUT2D eigenvalue weighted by Gasteiger charge is -2.18. The third-order valence-electron chi connectivity index (χ3n) is 5.40. The van der Waals surface area contributed by atoms with Gasteiger partial charge in [-0.25, -0.2) is 4.79 Å². The monoisotopic (exact) mass is 404 g/mol. The molecular weight excluding hydrogens is 380 g/mol. The van der Waals surface area contributed by atoms with E-state index < -0.39 is 5.97 Å². The van der Waals surface area contributed by atoms with Gasteiger partial charge < -0.3 is 19.4 Å². The zero-order valence-corrected chi connectivity index (χ0v) is 17.3. The van der Waals surface area contributed by atoms with Gasteiger partial charge >= 0.3 is 5.97 Å². The lowest BCUT2D eigenvalue weighted by molar-refractivity contribution is -0.136. The van der Waals surface area contributed by atoms with E-state index >= 15 is 0 Å². The summed E-state index contributed by atoms with van der Waals surface area (Å²) in [6.07, 6.45) is 2.24. The van der Waals surface area contributed by atoms with Gasteiger partial charge in [-0.2, -0.15) is 0 Å². The van der Waals surface area contributed by atoms with E-state index in [1.54, 1.807) is 49.4 Å². The molecule has 1 aliphatic heterocycles. The van der Waals surface area contributed by atoms with Crippen molar-refractivity contribution in [2.75, 3.05) is 20.3 Å². The molecule has 1 amide bonds. The van der Waals surface area contributed by atoms with Crippen molar-refractivity contribution in [3.05, 3.63) is 71.0 Å². The Labute approximate surface area is 175 Å². The van der Waals surface area contributed by atoms with E-state index in [4.69, 9.17) is 9.47 Å². The Morgan fingerprint density at radius 2 is 1.90 bits per heavy atom. The first-order valence-electron chi connectivity index (χ1n) is 9.98. The molecule has 2 heterocycles. The van der Waals surface area contributed by atoms with Gasteiger partial charge in [0.25, 0.3) is 5.91 Å². The summed E-state index contributed by atoms with van der Waals surface area (Å²) in [5.74, 6) is 0.0597. The molecule has 0 fully saturated rings. The summed E-state index contributed by atoms with van der Waals surface area (Å²) in [5.41, 5.74) is 4.76. The molecule has 1 aliphatic rings. The first kappa shape index (κ1) is 19.8. The molecule has 0 saturated heterocycles. The van der Waals surface area contributed by atoms with Crippen molar-refractivity contribution < 1.29 is 19.1 Å². The molecule has 0 unspecified atom stereocenters. The van der Waals surface area contributed by atoms with E-state index in [0.29, 0.717) is 29.9 Å². The molecule has 1 N–H and O–H groups in total. The Morgan fingerprint density at radius 1 is 1.13 bits per heavy atom. The Balaban J connectivity index is 1.78. The molecule has 154 valence electrons. The van der Waals surface area contributed by atoms with Gasteiger partial charge in [0.1, 0.15) is 5.75 Å². The molecule has 0 bridgehead atoms. The second-order valence-corrected chi connectivity index (χ2v) is 7.22. The number of hydrogen-bond donors (Lipinski definition) is 1. The van der Waals surface area contributed by atoms with Crippen molar-refractivity contribution >= 4 is 28.4 Å². The molecule has 0 saturated carbocycles. The van der Waals surface area contributed by atoms with Crippen molar-refractivity contribution in [1.29, 1.82) is 0 Å². The van der Waals surface area contributed by atoms with Gasteiger partial charge in [0.05, 0.1) is 25.0 Å². The van der Waals surface area contributed by atoms with Gasteiger partial charge in [0, 0.05) is 29.2 Å². The SMILES string of the molecule is CCOC(=O)C1=CN(C(=O)c2ccc(OC)cc2)CCc2c1[nH]c1c(C)cccc21. The first-order valence-corrected chi connectivity index (χ1v) is 9.98. The summed E-state index contributed by atoms with van der Waals surface area (Å²) < 4.78 is 10.5. The largest absolute Gasteiger partial charge is 0.497 e. The lowest BCUT2D eigenvalue weighted by Crippen LogP contribution is -2.28. The minimum atomic E-state index is -0.447. The number of esters is 1. The van der Waals surface area contributed by atoms with Crippen LogP contribution in [-0.4, -0.2) is 42.0 Å². The molecule has 0 atom stereocenters. The van der Waals surface area contributed by atoms with Crippen LogP contribution in [0.3, 0.4) is 0 Å². The number of fused-ring (bicyclic) bond motifs is 3. The Morgan fingerprint density at radius 3 is 2.60 bits per heavy atom. The number of para-hydroxylation sites is 1. The number of ether oxygens (including phenoxy) is 2. The maximum absolute atomic E-state index is 13.1. The van der Waals surface area contributed by atoms with Crippen LogP contribution in [0, 0.1) is 6.92 Å². The van der Waals surface area contributed by atoms with E-state index in [9.17, 15) is 9.59 Å². The highest BCUT2D eigenvalue weighted by Crippen LogP contribution is 2.33. The van der Waals surface area contributed by atoms with Crippen LogP contribution in [0.5, 0.6) is 5.75 Å². The molecule has 0 spiro atoms. The summed E-state index contributed by atoms with van der Waals surface area (Å²) in [4.78, 5) is 30.9. The number of nitrogens with one attached hydrogen (secondary N) is 1. The van der Waals surface area contributed by atoms with Crippen molar-refractivity contribution in [1.82, 2.24) is 9.88 Å². The van der Waals surface area contributed by atoms with Gasteiger partial charge in [-0.1, -0.05) is 18.2 Å². The summed E-state index contributed by atoms with van der Waals surface area (Å²) in [7, 11) is 1.58. The summed E-state index contributed by atoms with van der Waals surface area (Å²) in [6.45, 7) is 4.52. The van der Waals surface area contributed by atoms with Gasteiger partial charge in [-0.05, 0) is 55.7 Å². The Bertz CT molecular complexity index is 1140. The number of nitrogens with zero attached hydrogens (tertiary/aromatic N) is 1. The van der Waals surface area contributed by atoms with Gasteiger partial charge in [0.2, 0.25) is 0 Å². The highest BCUT2D eigenvalue weighted by atomic mass is 16.5. The fraction of sp³-hybridized carbons (Fsp3) is 0.250. The molecule has 30 heavy (non-hydrogen) atoms. The maximum Gasteiger partial charge on any atom is 0.341 e. The van der Waals surface area contributed by atoms with Crippen molar-refractivity contribution in [2.45, 2.75) is 20.3 Å². The van der Waals surface area contributed by atoms with Crippen molar-refractivity contribution in [3.8, 4) is 5.75 Å². The summed E-state index contributed by atoms with van der Waals surface area (Å²) in [6, 6.07) is 13.0. The zero-order valence-electron chi connectivity index (χ0n) is 17.3. The third-order valence-corrected chi connectivity index (χ3v) is 5.40. The number of hydrogen-bond acceptors (Lipinski definition) is 4. The molecule has 6 heteroatoms. The summed E-state index contributed by atoms with van der Waals surface area (Å²) in [5, 5.41) is 1.07. The van der Waals surface area contributed by atoms with Crippen molar-refractivity contribution in [2.24, 2.45) is 0 Å². The average Bonchev–Trinajstić information content (AvgIpc) is 3.02. The van der Waals surface area contributed by atoms with E-state index in [-0.39, 0.29) is 12.5 Å². The lowest BCUT2D eigenvalue weighted by atomic mass is 10.0. The number of aryl methyl sites for hydroxylation is 1. The number of methoxy groups -OCH3 is 1. The molecule has 3 aromatic rings. The number of rotatable bonds is 4. The third kappa shape index (κ3) is 3.45. The highest BCUT2D eigenvalue weighted by Gasteiger charge is 2.28. The number of carbonyl (C=O) groups is 2. The van der Waals surface area contributed by atoms with Crippen LogP contribution in [0.15, 0.2) is 48.7 Å². The number of benzene rings is 2. The molecule has 6 nitrogen and oxygen atoms in total. The predicted molar refractivity (Wildman–Crippen MR) is 115 cm³/mol. The molecular formula is C24H24N2O4. The minimum absolute atomic E-state index is 0.176. The quantitative estimate of drug-likeness (QED) is 0.665. The molecule has 0 radical (unpaired) electrons. The Kier molecular flexibility index (Phi) is 5.31. The standard InChI is InChI=1S/C24H24N2O4/c1-4-30-24(28)20-14-26(23(27)16-8-10-17(29-3)11-9-16)13-12-19-18-7-5-6-15(2)21(18)25-22(19)20/h5-11,14,25H,4,12-13H2,1-3H3. The predicted octanol–water partition coefficient (Wildman–Crippen LogP) is 4.09. The van der Waals surface area contributed by atoms with Gasteiger partial charge in [-0.3, -0.25) is 4.79 Å². The van der Waals surface area contributed by atoms with Crippen LogP contribution in [-0.2, 0) is 16.0 Å². The molecule has 2 aromatic carbocycles. The van der Waals surface area contributed by atoms with Crippen LogP contribution in [0.25, 0.3) is 16.5 Å². The molecule has 0 aliphatic carbocycles. The van der Waals surface area contributed by atoms with E-state index in [2.05, 4.69) is 4.98 Å². The molecule has 4 rings (SSSR count). The average molecular weight is 404 g/mol. The number of aromatic nitrogens is 1. The highest BCUT2D eigenvalue weighted by molar-refractivity contribution is 6.18. The maximum atomic E-state index is 13.1. The van der Waals surface area contributed by atoms with Crippen LogP contribution < -0.4 is 4.74 Å². The van der Waals surface area contributed by atoms with Crippen molar-refractivity contribution in [3.63, 3.8) is 0 Å². The summed E-state index contributed by atoms with van der Waals surface area (Å²) >= 11 is 0. The van der Waals surface area contributed by atoms with Crippen LogP contribution in [0.4, 0.5) is 0 Å². The normalized spacial score (nSPS) is 13.4. The van der Waals surface area contributed by atoms with E-state index in [1.165, 1.54) is 0 Å². The number of aromatic amines is 1. The zero-order chi connectivity index (χ0) is 21.3. The van der Waals surface area contributed by atoms with E-state index in [0.717, 1.165) is 27.7 Å².